The quantitative estimate of drug-likeness (QED) is 0.662. The van der Waals surface area contributed by atoms with Crippen LogP contribution in [-0.2, 0) is 4.79 Å². The third-order valence-corrected chi connectivity index (χ3v) is 3.56. The summed E-state index contributed by atoms with van der Waals surface area (Å²) in [5.41, 5.74) is 1.33. The Balaban J connectivity index is 2.22. The van der Waals surface area contributed by atoms with E-state index in [0.29, 0.717) is 27.6 Å². The molecule has 2 aromatic rings. The van der Waals surface area contributed by atoms with E-state index in [2.05, 4.69) is 5.32 Å². The lowest BCUT2D eigenvalue weighted by Gasteiger charge is -2.07. The van der Waals surface area contributed by atoms with E-state index in [9.17, 15) is 14.4 Å². The topological polar surface area (TPSA) is 62.1 Å². The number of nitrogens with one attached hydrogen (secondary N) is 1. The molecule has 0 aliphatic carbocycles. The van der Waals surface area contributed by atoms with Gasteiger partial charge in [-0.2, -0.15) is 5.26 Å². The van der Waals surface area contributed by atoms with Crippen LogP contribution in [0.25, 0.3) is 6.08 Å². The van der Waals surface area contributed by atoms with E-state index in [1.54, 1.807) is 25.1 Å². The van der Waals surface area contributed by atoms with Crippen LogP contribution in [0.2, 0.25) is 5.02 Å². The number of amides is 1. The number of nitrogens with zero attached hydrogens (tertiary/aromatic N) is 1. The van der Waals surface area contributed by atoms with Crippen LogP contribution in [0.5, 0.6) is 5.75 Å². The molecular weight excluding hydrogens is 331 g/mol. The maximum Gasteiger partial charge on any atom is 0.266 e. The summed E-state index contributed by atoms with van der Waals surface area (Å²) < 4.78 is 18.3. The van der Waals surface area contributed by atoms with Crippen LogP contribution >= 0.6 is 11.6 Å². The van der Waals surface area contributed by atoms with Gasteiger partial charge in [-0.05, 0) is 54.5 Å². The molecule has 0 radical (unpaired) electrons. The summed E-state index contributed by atoms with van der Waals surface area (Å²) in [7, 11) is 1.49. The minimum atomic E-state index is -0.583. The molecule has 4 nitrogen and oxygen atoms in total. The fourth-order valence-electron chi connectivity index (χ4n) is 2.02. The Morgan fingerprint density at radius 1 is 1.33 bits per heavy atom. The van der Waals surface area contributed by atoms with Gasteiger partial charge in [-0.1, -0.05) is 17.7 Å². The number of hydrogen-bond acceptors (Lipinski definition) is 3. The average Bonchev–Trinajstić information content (AvgIpc) is 2.56. The third-order valence-electron chi connectivity index (χ3n) is 3.27. The lowest BCUT2D eigenvalue weighted by Crippen LogP contribution is -2.13. The number of benzene rings is 2. The summed E-state index contributed by atoms with van der Waals surface area (Å²) in [5.74, 6) is -0.448. The fraction of sp³-hybridized carbons (Fsp3) is 0.111. The van der Waals surface area contributed by atoms with Crippen molar-refractivity contribution < 1.29 is 13.9 Å². The van der Waals surface area contributed by atoms with Crippen LogP contribution in [0.4, 0.5) is 10.1 Å². The van der Waals surface area contributed by atoms with Crippen molar-refractivity contribution in [2.24, 2.45) is 0 Å². The summed E-state index contributed by atoms with van der Waals surface area (Å²) in [6, 6.07) is 10.9. The molecular formula is C18H14ClFN2O2. The lowest BCUT2D eigenvalue weighted by molar-refractivity contribution is -0.112. The second-order valence-corrected chi connectivity index (χ2v) is 5.39. The maximum absolute atomic E-state index is 13.3. The van der Waals surface area contributed by atoms with Gasteiger partial charge in [0.05, 0.1) is 12.1 Å². The molecule has 1 N–H and O–H groups in total. The molecule has 0 saturated heterocycles. The second kappa shape index (κ2) is 7.62. The number of hydrogen-bond donors (Lipinski definition) is 1. The van der Waals surface area contributed by atoms with E-state index < -0.39 is 5.91 Å². The summed E-state index contributed by atoms with van der Waals surface area (Å²) in [5, 5.41) is 12.1. The minimum Gasteiger partial charge on any atom is -0.495 e. The van der Waals surface area contributed by atoms with E-state index in [-0.39, 0.29) is 11.4 Å². The van der Waals surface area contributed by atoms with Crippen LogP contribution in [0.15, 0.2) is 42.0 Å². The van der Waals surface area contributed by atoms with Gasteiger partial charge in [-0.25, -0.2) is 4.39 Å². The zero-order valence-corrected chi connectivity index (χ0v) is 13.8. The van der Waals surface area contributed by atoms with E-state index in [1.807, 2.05) is 6.07 Å². The number of carbonyl (C=O) groups excluding carboxylic acids is 1. The van der Waals surface area contributed by atoms with E-state index in [1.165, 1.54) is 31.4 Å². The van der Waals surface area contributed by atoms with Crippen molar-refractivity contribution in [2.45, 2.75) is 6.92 Å². The first-order valence-corrected chi connectivity index (χ1v) is 7.35. The number of methoxy groups -OCH3 is 1. The summed E-state index contributed by atoms with van der Waals surface area (Å²) >= 11 is 6.00. The molecule has 0 aromatic heterocycles. The number of anilines is 1. The van der Waals surface area contributed by atoms with Crippen LogP contribution in [0.1, 0.15) is 11.1 Å². The van der Waals surface area contributed by atoms with Crippen molar-refractivity contribution in [3.05, 3.63) is 63.9 Å². The zero-order chi connectivity index (χ0) is 17.7. The number of aryl methyl sites for hydroxylation is 1. The molecule has 0 fully saturated rings. The number of ether oxygens (including phenoxy) is 1. The molecule has 6 heteroatoms. The predicted molar refractivity (Wildman–Crippen MR) is 91.4 cm³/mol. The normalized spacial score (nSPS) is 10.9. The van der Waals surface area contributed by atoms with E-state index >= 15 is 0 Å². The molecule has 0 heterocycles. The van der Waals surface area contributed by atoms with Gasteiger partial charge in [-0.15, -0.1) is 0 Å². The average molecular weight is 345 g/mol. The minimum absolute atomic E-state index is 0.104. The van der Waals surface area contributed by atoms with Crippen molar-refractivity contribution in [2.75, 3.05) is 12.4 Å². The van der Waals surface area contributed by atoms with Gasteiger partial charge in [0.25, 0.3) is 5.91 Å². The highest BCUT2D eigenvalue weighted by atomic mass is 35.5. The Morgan fingerprint density at radius 3 is 2.67 bits per heavy atom. The summed E-state index contributed by atoms with van der Waals surface area (Å²) in [6.45, 7) is 1.61. The van der Waals surface area contributed by atoms with Gasteiger partial charge < -0.3 is 10.1 Å². The van der Waals surface area contributed by atoms with Crippen molar-refractivity contribution in [3.63, 3.8) is 0 Å². The van der Waals surface area contributed by atoms with Crippen molar-refractivity contribution in [3.8, 4) is 11.8 Å². The Labute approximate surface area is 144 Å². The number of rotatable bonds is 4. The van der Waals surface area contributed by atoms with Crippen LogP contribution in [0.3, 0.4) is 0 Å². The lowest BCUT2D eigenvalue weighted by atomic mass is 10.1. The molecule has 2 aromatic carbocycles. The predicted octanol–water partition coefficient (Wildman–Crippen LogP) is 4.34. The molecule has 122 valence electrons. The smallest absolute Gasteiger partial charge is 0.266 e. The van der Waals surface area contributed by atoms with Crippen LogP contribution in [-0.4, -0.2) is 13.0 Å². The Bertz CT molecular complexity index is 857. The number of nitriles is 1. The van der Waals surface area contributed by atoms with Gasteiger partial charge >= 0.3 is 0 Å². The van der Waals surface area contributed by atoms with Gasteiger partial charge in [0.1, 0.15) is 23.2 Å². The van der Waals surface area contributed by atoms with Crippen LogP contribution < -0.4 is 10.1 Å². The van der Waals surface area contributed by atoms with Gasteiger partial charge in [0.2, 0.25) is 0 Å². The van der Waals surface area contributed by atoms with E-state index in [0.717, 1.165) is 0 Å². The molecule has 0 bridgehead atoms. The molecule has 1 amide bonds. The summed E-state index contributed by atoms with van der Waals surface area (Å²) in [4.78, 5) is 12.2. The molecule has 24 heavy (non-hydrogen) atoms. The Kier molecular flexibility index (Phi) is 5.56. The van der Waals surface area contributed by atoms with Gasteiger partial charge in [0, 0.05) is 5.69 Å². The van der Waals surface area contributed by atoms with Crippen molar-refractivity contribution in [1.29, 1.82) is 5.26 Å². The first-order chi connectivity index (χ1) is 11.4. The van der Waals surface area contributed by atoms with Crippen molar-refractivity contribution >= 4 is 29.3 Å². The Morgan fingerprint density at radius 2 is 2.08 bits per heavy atom. The molecule has 2 rings (SSSR count). The maximum atomic E-state index is 13.3. The molecule has 0 spiro atoms. The highest BCUT2D eigenvalue weighted by Gasteiger charge is 2.11. The van der Waals surface area contributed by atoms with Gasteiger partial charge in [-0.3, -0.25) is 4.79 Å². The molecule has 0 aliphatic rings. The molecule has 0 unspecified atom stereocenters. The van der Waals surface area contributed by atoms with E-state index in [4.69, 9.17) is 16.3 Å². The largest absolute Gasteiger partial charge is 0.495 e. The second-order valence-electron chi connectivity index (χ2n) is 4.98. The first-order valence-electron chi connectivity index (χ1n) is 6.97. The zero-order valence-electron chi connectivity index (χ0n) is 13.1. The number of halogens is 2. The monoisotopic (exact) mass is 344 g/mol. The fourth-order valence-corrected chi connectivity index (χ4v) is 2.27. The molecule has 0 atom stereocenters. The molecule has 0 saturated carbocycles. The Hall–Kier alpha value is -2.84. The highest BCUT2D eigenvalue weighted by molar-refractivity contribution is 6.32. The first kappa shape index (κ1) is 17.5. The SMILES string of the molecule is COc1ccc(NC(=O)C(C#N)=Cc2ccc(F)c(C)c2)cc1Cl. The number of carbonyl (C=O) groups is 1. The van der Waals surface area contributed by atoms with Gasteiger partial charge in [0.15, 0.2) is 0 Å². The highest BCUT2D eigenvalue weighted by Crippen LogP contribution is 2.27. The van der Waals surface area contributed by atoms with Crippen molar-refractivity contribution in [1.82, 2.24) is 0 Å². The van der Waals surface area contributed by atoms with Crippen LogP contribution in [0, 0.1) is 24.1 Å². The molecule has 0 aliphatic heterocycles. The standard InChI is InChI=1S/C18H14ClFN2O2/c1-11-7-12(3-5-16(11)20)8-13(10-21)18(23)22-14-4-6-17(24-2)15(19)9-14/h3-9H,1-2H3,(H,22,23). The summed E-state index contributed by atoms with van der Waals surface area (Å²) in [6.07, 6.45) is 1.40. The third kappa shape index (κ3) is 4.12.